The number of nitriles is 1. The van der Waals surface area contributed by atoms with Crippen LogP contribution in [0.2, 0.25) is 10.0 Å². The molecule has 1 aliphatic rings. The van der Waals surface area contributed by atoms with Gasteiger partial charge in [0.05, 0.1) is 40.0 Å². The number of nitrogens with one attached hydrogen (secondary N) is 2. The summed E-state index contributed by atoms with van der Waals surface area (Å²) in [5.41, 5.74) is -2.96. The minimum Gasteiger partial charge on any atom is -0.454 e. The molecule has 0 saturated carbocycles. The Morgan fingerprint density at radius 3 is 2.53 bits per heavy atom. The number of benzene rings is 2. The largest absolute Gasteiger partial charge is 0.454 e. The van der Waals surface area contributed by atoms with E-state index >= 15 is 4.39 Å². The van der Waals surface area contributed by atoms with Crippen molar-refractivity contribution in [2.45, 2.75) is 32.3 Å². The summed E-state index contributed by atoms with van der Waals surface area (Å²) >= 11 is 12.7. The molecule has 196 valence electrons. The second kappa shape index (κ2) is 9.20. The van der Waals surface area contributed by atoms with Crippen molar-refractivity contribution in [1.29, 1.82) is 5.26 Å². The van der Waals surface area contributed by atoms with E-state index < -0.39 is 45.9 Å². The predicted molar refractivity (Wildman–Crippen MR) is 131 cm³/mol. The zero-order chi connectivity index (χ0) is 27.5. The average Bonchev–Trinajstić information content (AvgIpc) is 3.22. The second-order valence-corrected chi connectivity index (χ2v) is 9.96. The molecule has 0 aliphatic carbocycles. The summed E-state index contributed by atoms with van der Waals surface area (Å²) in [6, 6.07) is 4.68. The number of hydrogen-bond acceptors (Lipinski definition) is 6. The molecular formula is C24H16Cl2F3N5O4. The van der Waals surface area contributed by atoms with Crippen LogP contribution < -0.4 is 16.0 Å². The van der Waals surface area contributed by atoms with Crippen molar-refractivity contribution in [3.05, 3.63) is 77.4 Å². The Hall–Kier alpha value is -3.79. The monoisotopic (exact) mass is 565 g/mol. The van der Waals surface area contributed by atoms with Crippen molar-refractivity contribution in [2.75, 3.05) is 6.61 Å². The van der Waals surface area contributed by atoms with Crippen LogP contribution in [0.4, 0.5) is 13.2 Å². The first kappa shape index (κ1) is 25.8. The summed E-state index contributed by atoms with van der Waals surface area (Å²) in [6.45, 7) is 3.95. The van der Waals surface area contributed by atoms with Crippen LogP contribution in [0.5, 0.6) is 11.5 Å². The van der Waals surface area contributed by atoms with Crippen LogP contribution in [-0.2, 0) is 16.8 Å². The average molecular weight is 566 g/mol. The summed E-state index contributed by atoms with van der Waals surface area (Å²) in [4.78, 5) is 28.7. The number of halogens is 5. The lowest BCUT2D eigenvalue weighted by Crippen LogP contribution is -2.33. The lowest BCUT2D eigenvalue weighted by Gasteiger charge is -2.30. The minimum absolute atomic E-state index is 0.00445. The summed E-state index contributed by atoms with van der Waals surface area (Å²) in [5, 5.41) is 12.2. The number of nitrogens with zero attached hydrogens (tertiary/aromatic N) is 3. The first-order valence-corrected chi connectivity index (χ1v) is 11.7. The third-order valence-electron chi connectivity index (χ3n) is 6.09. The van der Waals surface area contributed by atoms with Crippen molar-refractivity contribution in [3.8, 4) is 23.3 Å². The van der Waals surface area contributed by atoms with Gasteiger partial charge in [-0.15, -0.1) is 5.10 Å². The SMILES string of the molecule is CC1(C)COCc2[nH]c3c(F)cc(Oc4c(Cl)cc(-n5nc(C#N)c(=O)[nH]c5=O)cc4Cl)c(C(F)F)c3c21. The molecule has 3 heterocycles. The number of aromatic amines is 2. The summed E-state index contributed by atoms with van der Waals surface area (Å²) in [5.74, 6) is -1.62. The Morgan fingerprint density at radius 1 is 1.21 bits per heavy atom. The molecule has 0 fully saturated rings. The van der Waals surface area contributed by atoms with E-state index in [1.807, 2.05) is 4.98 Å². The van der Waals surface area contributed by atoms with Gasteiger partial charge in [0.25, 0.3) is 12.0 Å². The second-order valence-electron chi connectivity index (χ2n) is 9.15. The Balaban J connectivity index is 1.67. The lowest BCUT2D eigenvalue weighted by molar-refractivity contribution is 0.0628. The van der Waals surface area contributed by atoms with Gasteiger partial charge in [-0.05, 0) is 17.7 Å². The molecule has 14 heteroatoms. The lowest BCUT2D eigenvalue weighted by atomic mass is 9.81. The van der Waals surface area contributed by atoms with E-state index in [9.17, 15) is 18.4 Å². The van der Waals surface area contributed by atoms with Crippen molar-refractivity contribution in [2.24, 2.45) is 0 Å². The molecule has 0 radical (unpaired) electrons. The number of aromatic nitrogens is 4. The van der Waals surface area contributed by atoms with E-state index in [4.69, 9.17) is 37.9 Å². The van der Waals surface area contributed by atoms with E-state index in [2.05, 4.69) is 10.1 Å². The topological polar surface area (TPSA) is 126 Å². The van der Waals surface area contributed by atoms with Crippen LogP contribution in [0.25, 0.3) is 16.6 Å². The van der Waals surface area contributed by atoms with Crippen molar-refractivity contribution in [3.63, 3.8) is 0 Å². The molecule has 0 atom stereocenters. The van der Waals surface area contributed by atoms with Gasteiger partial charge in [0, 0.05) is 22.6 Å². The molecule has 0 saturated heterocycles. The number of ether oxygens (including phenoxy) is 2. The molecule has 9 nitrogen and oxygen atoms in total. The number of alkyl halides is 2. The maximum Gasteiger partial charge on any atom is 0.349 e. The van der Waals surface area contributed by atoms with Crippen LogP contribution in [0, 0.1) is 17.1 Å². The molecule has 0 bridgehead atoms. The highest BCUT2D eigenvalue weighted by Gasteiger charge is 2.36. The van der Waals surface area contributed by atoms with Gasteiger partial charge in [0.1, 0.15) is 11.8 Å². The van der Waals surface area contributed by atoms with Gasteiger partial charge in [-0.2, -0.15) is 9.94 Å². The van der Waals surface area contributed by atoms with Crippen LogP contribution in [0.1, 0.15) is 42.8 Å². The number of fused-ring (bicyclic) bond motifs is 3. The van der Waals surface area contributed by atoms with Gasteiger partial charge in [-0.25, -0.2) is 18.0 Å². The van der Waals surface area contributed by atoms with E-state index in [1.54, 1.807) is 19.9 Å². The highest BCUT2D eigenvalue weighted by Crippen LogP contribution is 2.48. The van der Waals surface area contributed by atoms with Crippen LogP contribution in [0.15, 0.2) is 27.8 Å². The molecule has 4 aromatic rings. The molecular weight excluding hydrogens is 550 g/mol. The maximum absolute atomic E-state index is 15.2. The van der Waals surface area contributed by atoms with Crippen molar-refractivity contribution in [1.82, 2.24) is 19.7 Å². The first-order chi connectivity index (χ1) is 17.9. The predicted octanol–water partition coefficient (Wildman–Crippen LogP) is 5.26. The highest BCUT2D eigenvalue weighted by atomic mass is 35.5. The van der Waals surface area contributed by atoms with Crippen molar-refractivity contribution < 1.29 is 22.6 Å². The summed E-state index contributed by atoms with van der Waals surface area (Å²) in [6.07, 6.45) is -3.06. The van der Waals surface area contributed by atoms with Gasteiger partial charge in [0.2, 0.25) is 5.69 Å². The van der Waals surface area contributed by atoms with E-state index in [0.29, 0.717) is 15.9 Å². The Morgan fingerprint density at radius 2 is 1.89 bits per heavy atom. The normalized spacial score (nSPS) is 14.5. The van der Waals surface area contributed by atoms with Crippen LogP contribution in [0.3, 0.4) is 0 Å². The van der Waals surface area contributed by atoms with E-state index in [1.165, 1.54) is 0 Å². The third kappa shape index (κ3) is 4.13. The number of H-pyrrole nitrogens is 2. The Bertz CT molecular complexity index is 1770. The Kier molecular flexibility index (Phi) is 6.25. The molecule has 1 aliphatic heterocycles. The summed E-state index contributed by atoms with van der Waals surface area (Å²) < 4.78 is 56.1. The fraction of sp³-hybridized carbons (Fsp3) is 0.250. The maximum atomic E-state index is 15.2. The molecule has 2 aromatic heterocycles. The van der Waals surface area contributed by atoms with E-state index in [-0.39, 0.29) is 45.6 Å². The first-order valence-electron chi connectivity index (χ1n) is 11.0. The van der Waals surface area contributed by atoms with Gasteiger partial charge in [0.15, 0.2) is 11.6 Å². The smallest absolute Gasteiger partial charge is 0.349 e. The van der Waals surface area contributed by atoms with Gasteiger partial charge >= 0.3 is 5.69 Å². The van der Waals surface area contributed by atoms with Crippen LogP contribution in [-0.4, -0.2) is 26.4 Å². The molecule has 0 amide bonds. The highest BCUT2D eigenvalue weighted by molar-refractivity contribution is 6.37. The third-order valence-corrected chi connectivity index (χ3v) is 6.65. The Labute approximate surface area is 221 Å². The molecule has 0 unspecified atom stereocenters. The van der Waals surface area contributed by atoms with Gasteiger partial charge in [-0.1, -0.05) is 37.0 Å². The molecule has 38 heavy (non-hydrogen) atoms. The zero-order valence-electron chi connectivity index (χ0n) is 19.6. The summed E-state index contributed by atoms with van der Waals surface area (Å²) in [7, 11) is 0. The zero-order valence-corrected chi connectivity index (χ0v) is 21.1. The molecule has 0 spiro atoms. The molecule has 5 rings (SSSR count). The minimum atomic E-state index is -3.06. The number of rotatable bonds is 4. The fourth-order valence-electron chi connectivity index (χ4n) is 4.55. The van der Waals surface area contributed by atoms with Crippen molar-refractivity contribution >= 4 is 34.1 Å². The van der Waals surface area contributed by atoms with Gasteiger partial charge in [-0.3, -0.25) is 9.78 Å². The molecule has 2 N–H and O–H groups in total. The quantitative estimate of drug-likeness (QED) is 0.347. The van der Waals surface area contributed by atoms with E-state index in [0.717, 1.165) is 18.2 Å². The number of hydrogen-bond donors (Lipinski definition) is 2. The fourth-order valence-corrected chi connectivity index (χ4v) is 5.10. The standard InChI is InChI=1S/C24H16Cl2F3N5O4/c1-24(2)8-37-7-14-18(24)17-16(21(28)29)15(5-12(27)19(17)31-14)38-20-10(25)3-9(4-11(20)26)34-23(36)32-22(35)13(6-30)33-34/h3-5,21,31H,7-8H2,1-2H3,(H,32,35,36). The van der Waals surface area contributed by atoms with Gasteiger partial charge < -0.3 is 14.5 Å². The molecule has 2 aromatic carbocycles. The van der Waals surface area contributed by atoms with Crippen LogP contribution >= 0.6 is 23.2 Å².